The molecule has 0 aromatic heterocycles. The van der Waals surface area contributed by atoms with Gasteiger partial charge in [-0.2, -0.15) is 0 Å². The summed E-state index contributed by atoms with van der Waals surface area (Å²) < 4.78 is 44.3. The average molecular weight is 449 g/mol. The van der Waals surface area contributed by atoms with Crippen LogP contribution in [0.1, 0.15) is 13.3 Å². The lowest BCUT2D eigenvalue weighted by atomic mass is 10.1. The fourth-order valence-corrected chi connectivity index (χ4v) is 4.29. The SMILES string of the molecule is CC[C@@H](C(=O)Nc1ccc(F)c(Cl)c1)N(c1ccc(OC)c(Cl)c1)S(C)(=O)=O. The topological polar surface area (TPSA) is 75.7 Å². The van der Waals surface area contributed by atoms with Crippen LogP contribution >= 0.6 is 23.2 Å². The zero-order valence-electron chi connectivity index (χ0n) is 15.4. The van der Waals surface area contributed by atoms with Crippen molar-refractivity contribution < 1.29 is 22.3 Å². The highest BCUT2D eigenvalue weighted by atomic mass is 35.5. The van der Waals surface area contributed by atoms with Crippen LogP contribution in [-0.2, 0) is 14.8 Å². The number of nitrogens with one attached hydrogen (secondary N) is 1. The number of anilines is 2. The van der Waals surface area contributed by atoms with Crippen LogP contribution in [0.25, 0.3) is 0 Å². The van der Waals surface area contributed by atoms with Gasteiger partial charge in [-0.1, -0.05) is 30.1 Å². The first kappa shape index (κ1) is 22.3. The van der Waals surface area contributed by atoms with Crippen molar-refractivity contribution in [1.29, 1.82) is 0 Å². The molecule has 6 nitrogen and oxygen atoms in total. The van der Waals surface area contributed by atoms with Crippen LogP contribution in [0.2, 0.25) is 10.0 Å². The van der Waals surface area contributed by atoms with Crippen LogP contribution in [0.15, 0.2) is 36.4 Å². The highest BCUT2D eigenvalue weighted by molar-refractivity contribution is 7.92. The van der Waals surface area contributed by atoms with Crippen molar-refractivity contribution in [2.24, 2.45) is 0 Å². The van der Waals surface area contributed by atoms with E-state index >= 15 is 0 Å². The third kappa shape index (κ3) is 5.06. The van der Waals surface area contributed by atoms with E-state index in [9.17, 15) is 17.6 Å². The number of methoxy groups -OCH3 is 1. The van der Waals surface area contributed by atoms with E-state index in [1.165, 1.54) is 37.4 Å². The quantitative estimate of drug-likeness (QED) is 0.683. The van der Waals surface area contributed by atoms with Crippen LogP contribution in [0.3, 0.4) is 0 Å². The number of ether oxygens (including phenoxy) is 1. The van der Waals surface area contributed by atoms with E-state index in [1.807, 2.05) is 0 Å². The van der Waals surface area contributed by atoms with Gasteiger partial charge < -0.3 is 10.1 Å². The van der Waals surface area contributed by atoms with E-state index in [-0.39, 0.29) is 27.8 Å². The Balaban J connectivity index is 2.41. The summed E-state index contributed by atoms with van der Waals surface area (Å²) in [5.41, 5.74) is 0.462. The molecule has 152 valence electrons. The minimum atomic E-state index is -3.83. The summed E-state index contributed by atoms with van der Waals surface area (Å²) in [4.78, 5) is 12.8. The summed E-state index contributed by atoms with van der Waals surface area (Å²) in [5.74, 6) is -0.850. The zero-order chi connectivity index (χ0) is 21.1. The number of hydrogen-bond donors (Lipinski definition) is 1. The Bertz CT molecular complexity index is 986. The van der Waals surface area contributed by atoms with Gasteiger partial charge in [0.05, 0.1) is 29.1 Å². The minimum absolute atomic E-state index is 0.159. The molecule has 28 heavy (non-hydrogen) atoms. The third-order valence-corrected chi connectivity index (χ3v) is 5.67. The molecular formula is C18H19Cl2FN2O4S. The van der Waals surface area contributed by atoms with E-state index in [0.29, 0.717) is 5.75 Å². The number of carbonyl (C=O) groups excluding carboxylic acids is 1. The molecule has 0 bridgehead atoms. The molecule has 0 aliphatic carbocycles. The van der Waals surface area contributed by atoms with Crippen molar-refractivity contribution in [3.8, 4) is 5.75 Å². The van der Waals surface area contributed by atoms with Crippen molar-refractivity contribution >= 4 is 50.5 Å². The number of nitrogens with zero attached hydrogens (tertiary/aromatic N) is 1. The maximum absolute atomic E-state index is 13.3. The predicted molar refractivity (Wildman–Crippen MR) is 109 cm³/mol. The highest BCUT2D eigenvalue weighted by Crippen LogP contribution is 2.32. The van der Waals surface area contributed by atoms with Gasteiger partial charge in [0, 0.05) is 5.69 Å². The van der Waals surface area contributed by atoms with Gasteiger partial charge in [-0.15, -0.1) is 0 Å². The predicted octanol–water partition coefficient (Wildman–Crippen LogP) is 4.32. The Morgan fingerprint density at radius 2 is 1.89 bits per heavy atom. The lowest BCUT2D eigenvalue weighted by Crippen LogP contribution is -2.47. The Kier molecular flexibility index (Phi) is 7.14. The molecule has 0 unspecified atom stereocenters. The van der Waals surface area contributed by atoms with Gasteiger partial charge in [-0.3, -0.25) is 9.10 Å². The first-order valence-electron chi connectivity index (χ1n) is 8.17. The first-order valence-corrected chi connectivity index (χ1v) is 10.8. The average Bonchev–Trinajstić information content (AvgIpc) is 2.61. The van der Waals surface area contributed by atoms with Gasteiger partial charge >= 0.3 is 0 Å². The summed E-state index contributed by atoms with van der Waals surface area (Å²) in [7, 11) is -2.39. The maximum atomic E-state index is 13.3. The molecule has 0 fully saturated rings. The van der Waals surface area contributed by atoms with Gasteiger partial charge in [-0.25, -0.2) is 12.8 Å². The fourth-order valence-electron chi connectivity index (χ4n) is 2.65. The van der Waals surface area contributed by atoms with E-state index in [0.717, 1.165) is 16.6 Å². The Hall–Kier alpha value is -2.03. The van der Waals surface area contributed by atoms with Crippen molar-refractivity contribution in [2.45, 2.75) is 19.4 Å². The molecule has 2 aromatic rings. The minimum Gasteiger partial charge on any atom is -0.495 e. The monoisotopic (exact) mass is 448 g/mol. The maximum Gasteiger partial charge on any atom is 0.248 e. The van der Waals surface area contributed by atoms with Crippen LogP contribution in [0, 0.1) is 5.82 Å². The number of rotatable bonds is 7. The fraction of sp³-hybridized carbons (Fsp3) is 0.278. The Morgan fingerprint density at radius 3 is 2.39 bits per heavy atom. The molecule has 1 atom stereocenters. The van der Waals surface area contributed by atoms with Crippen molar-refractivity contribution in [3.05, 3.63) is 52.3 Å². The molecule has 0 radical (unpaired) electrons. The number of benzene rings is 2. The number of amides is 1. The van der Waals surface area contributed by atoms with Crippen molar-refractivity contribution in [2.75, 3.05) is 23.0 Å². The highest BCUT2D eigenvalue weighted by Gasteiger charge is 2.32. The molecular weight excluding hydrogens is 430 g/mol. The van der Waals surface area contributed by atoms with E-state index in [2.05, 4.69) is 5.32 Å². The van der Waals surface area contributed by atoms with E-state index < -0.39 is 27.8 Å². The second kappa shape index (κ2) is 8.98. The van der Waals surface area contributed by atoms with Crippen molar-refractivity contribution in [3.63, 3.8) is 0 Å². The van der Waals surface area contributed by atoms with Crippen LogP contribution in [0.4, 0.5) is 15.8 Å². The lowest BCUT2D eigenvalue weighted by Gasteiger charge is -2.30. The second-order valence-electron chi connectivity index (χ2n) is 5.92. The number of sulfonamides is 1. The molecule has 10 heteroatoms. The molecule has 1 amide bonds. The second-order valence-corrected chi connectivity index (χ2v) is 8.59. The summed E-state index contributed by atoms with van der Waals surface area (Å²) in [6, 6.07) is 7.04. The van der Waals surface area contributed by atoms with E-state index in [4.69, 9.17) is 27.9 Å². The van der Waals surface area contributed by atoms with Gasteiger partial charge in [0.25, 0.3) is 0 Å². The normalized spacial score (nSPS) is 12.4. The zero-order valence-corrected chi connectivity index (χ0v) is 17.7. The lowest BCUT2D eigenvalue weighted by molar-refractivity contribution is -0.117. The van der Waals surface area contributed by atoms with Gasteiger partial charge in [-0.05, 0) is 42.8 Å². The standard InChI is InChI=1S/C18H19Cl2FN2O4S/c1-4-16(18(24)22-11-5-7-15(21)13(19)9-11)23(28(3,25)26)12-6-8-17(27-2)14(20)10-12/h5-10,16H,4H2,1-3H3,(H,22,24)/t16-/m0/s1. The largest absolute Gasteiger partial charge is 0.495 e. The van der Waals surface area contributed by atoms with Crippen LogP contribution < -0.4 is 14.4 Å². The number of hydrogen-bond acceptors (Lipinski definition) is 4. The molecule has 0 spiro atoms. The van der Waals surface area contributed by atoms with E-state index in [1.54, 1.807) is 6.92 Å². The molecule has 0 heterocycles. The molecule has 0 aliphatic rings. The van der Waals surface area contributed by atoms with Gasteiger partial charge in [0.2, 0.25) is 15.9 Å². The van der Waals surface area contributed by atoms with Crippen LogP contribution in [0.5, 0.6) is 5.75 Å². The molecule has 0 saturated carbocycles. The molecule has 0 saturated heterocycles. The first-order chi connectivity index (χ1) is 13.1. The molecule has 2 rings (SSSR count). The van der Waals surface area contributed by atoms with Gasteiger partial charge in [0.1, 0.15) is 17.6 Å². The summed E-state index contributed by atoms with van der Waals surface area (Å²) in [5, 5.41) is 2.61. The molecule has 1 N–H and O–H groups in total. The van der Waals surface area contributed by atoms with Crippen molar-refractivity contribution in [1.82, 2.24) is 0 Å². The summed E-state index contributed by atoms with van der Waals surface area (Å²) in [6.45, 7) is 1.67. The van der Waals surface area contributed by atoms with Gasteiger partial charge in [0.15, 0.2) is 0 Å². The number of carbonyl (C=O) groups is 1. The smallest absolute Gasteiger partial charge is 0.248 e. The Labute approximate surface area is 173 Å². The third-order valence-electron chi connectivity index (χ3n) is 3.91. The molecule has 2 aromatic carbocycles. The molecule has 0 aliphatic heterocycles. The van der Waals surface area contributed by atoms with Crippen LogP contribution in [-0.4, -0.2) is 33.7 Å². The summed E-state index contributed by atoms with van der Waals surface area (Å²) >= 11 is 11.8. The Morgan fingerprint density at radius 1 is 1.21 bits per heavy atom. The summed E-state index contributed by atoms with van der Waals surface area (Å²) in [6.07, 6.45) is 1.17. The number of halogens is 3.